The van der Waals surface area contributed by atoms with E-state index in [2.05, 4.69) is 17.6 Å². The average Bonchev–Trinajstić information content (AvgIpc) is 3.04. The molecule has 0 bridgehead atoms. The summed E-state index contributed by atoms with van der Waals surface area (Å²) in [6, 6.07) is -3.48. The molecule has 0 radical (unpaired) electrons. The van der Waals surface area contributed by atoms with E-state index in [9.17, 15) is 35.4 Å². The van der Waals surface area contributed by atoms with Gasteiger partial charge in [0.1, 0.15) is 54.9 Å². The van der Waals surface area contributed by atoms with Crippen LogP contribution in [0.3, 0.4) is 0 Å². The molecule has 16 N–H and O–H groups in total. The van der Waals surface area contributed by atoms with Crippen LogP contribution in [0.5, 0.6) is 0 Å². The fourth-order valence-electron chi connectivity index (χ4n) is 6.16. The molecule has 0 spiro atoms. The van der Waals surface area contributed by atoms with Crippen LogP contribution < -0.4 is 33.6 Å². The van der Waals surface area contributed by atoms with Crippen molar-refractivity contribution < 1.29 is 58.8 Å². The molecular formula is C29H57FN6O11. The molecule has 1 amide bonds. The highest BCUT2D eigenvalue weighted by molar-refractivity contribution is 5.80. The summed E-state index contributed by atoms with van der Waals surface area (Å²) in [7, 11) is 0. The maximum absolute atomic E-state index is 16.5. The smallest absolute Gasteiger partial charge is 0.249 e. The van der Waals surface area contributed by atoms with E-state index in [1.165, 1.54) is 0 Å². The molecule has 0 aromatic carbocycles. The Hall–Kier alpha value is -1.20. The molecule has 18 heteroatoms. The van der Waals surface area contributed by atoms with E-state index in [1.807, 2.05) is 6.92 Å². The zero-order valence-electron chi connectivity index (χ0n) is 27.1. The highest BCUT2D eigenvalue weighted by atomic mass is 19.1. The second kappa shape index (κ2) is 18.7. The quantitative estimate of drug-likeness (QED) is 0.0678. The van der Waals surface area contributed by atoms with Gasteiger partial charge in [-0.3, -0.25) is 4.79 Å². The Kier molecular flexibility index (Phi) is 16.0. The fraction of sp³-hybridized carbons (Fsp3) is 0.966. The molecule has 3 aliphatic rings. The predicted octanol–water partition coefficient (Wildman–Crippen LogP) is -4.88. The van der Waals surface area contributed by atoms with Crippen molar-refractivity contribution in [1.29, 1.82) is 0 Å². The van der Waals surface area contributed by atoms with Gasteiger partial charge < -0.3 is 83.2 Å². The van der Waals surface area contributed by atoms with Gasteiger partial charge in [0.25, 0.3) is 0 Å². The average molecular weight is 685 g/mol. The number of rotatable bonds is 16. The Balaban J connectivity index is 1.81. The Morgan fingerprint density at radius 3 is 2.19 bits per heavy atom. The van der Waals surface area contributed by atoms with Gasteiger partial charge in [-0.15, -0.1) is 0 Å². The Morgan fingerprint density at radius 2 is 1.55 bits per heavy atom. The minimum Gasteiger partial charge on any atom is -0.389 e. The van der Waals surface area contributed by atoms with Gasteiger partial charge in [0, 0.05) is 25.2 Å². The monoisotopic (exact) mass is 684 g/mol. The molecule has 3 rings (SSSR count). The molecule has 0 aromatic rings. The van der Waals surface area contributed by atoms with Crippen LogP contribution in [0.15, 0.2) is 0 Å². The Morgan fingerprint density at radius 1 is 0.915 bits per heavy atom. The van der Waals surface area contributed by atoms with E-state index in [-0.39, 0.29) is 38.5 Å². The third-order valence-corrected chi connectivity index (χ3v) is 9.19. The summed E-state index contributed by atoms with van der Waals surface area (Å²) in [5.41, 5.74) is 23.5. The zero-order chi connectivity index (χ0) is 35.0. The molecule has 17 nitrogen and oxygen atoms in total. The van der Waals surface area contributed by atoms with Crippen molar-refractivity contribution in [2.45, 2.75) is 156 Å². The maximum Gasteiger partial charge on any atom is 0.249 e. The first-order valence-corrected chi connectivity index (χ1v) is 16.5. The minimum atomic E-state index is -2.18. The lowest BCUT2D eigenvalue weighted by Crippen LogP contribution is -2.69. The van der Waals surface area contributed by atoms with Crippen molar-refractivity contribution in [2.24, 2.45) is 22.9 Å². The molecule has 1 saturated carbocycles. The number of nitrogens with one attached hydrogen (secondary N) is 2. The maximum atomic E-state index is 16.5. The second-order valence-electron chi connectivity index (χ2n) is 12.9. The van der Waals surface area contributed by atoms with Crippen molar-refractivity contribution in [1.82, 2.24) is 10.6 Å². The summed E-state index contributed by atoms with van der Waals surface area (Å²) in [5.74, 6) is -0.863. The van der Waals surface area contributed by atoms with E-state index in [1.54, 1.807) is 0 Å². The first-order chi connectivity index (χ1) is 22.2. The van der Waals surface area contributed by atoms with E-state index >= 15 is 4.39 Å². The summed E-state index contributed by atoms with van der Waals surface area (Å²) < 4.78 is 39.7. The molecular weight excluding hydrogens is 627 g/mol. The molecule has 17 atom stereocenters. The van der Waals surface area contributed by atoms with E-state index in [0.29, 0.717) is 0 Å². The Bertz CT molecular complexity index is 949. The van der Waals surface area contributed by atoms with Gasteiger partial charge >= 0.3 is 0 Å². The lowest BCUT2D eigenvalue weighted by atomic mass is 9.84. The molecule has 2 aliphatic heterocycles. The number of ether oxygens (including phenoxy) is 4. The third kappa shape index (κ3) is 10.2. The van der Waals surface area contributed by atoms with Gasteiger partial charge in [-0.2, -0.15) is 0 Å². The van der Waals surface area contributed by atoms with Gasteiger partial charge in [-0.05, 0) is 32.7 Å². The molecule has 3 fully saturated rings. The van der Waals surface area contributed by atoms with E-state index in [4.69, 9.17) is 41.9 Å². The number of nitrogens with two attached hydrogens (primary N) is 4. The van der Waals surface area contributed by atoms with Crippen LogP contribution in [0.2, 0.25) is 0 Å². The molecule has 1 unspecified atom stereocenters. The largest absolute Gasteiger partial charge is 0.389 e. The lowest BCUT2D eigenvalue weighted by molar-refractivity contribution is -0.326. The van der Waals surface area contributed by atoms with Gasteiger partial charge in [0.15, 0.2) is 18.8 Å². The number of hydrogen-bond acceptors (Lipinski definition) is 16. The van der Waals surface area contributed by atoms with Crippen LogP contribution in [0.25, 0.3) is 0 Å². The van der Waals surface area contributed by atoms with Gasteiger partial charge in [0.05, 0.1) is 18.2 Å². The van der Waals surface area contributed by atoms with E-state index < -0.39 is 104 Å². The van der Waals surface area contributed by atoms with Crippen LogP contribution in [-0.2, 0) is 23.7 Å². The van der Waals surface area contributed by atoms with Gasteiger partial charge in [0.2, 0.25) is 5.91 Å². The van der Waals surface area contributed by atoms with Gasteiger partial charge in [-0.1, -0.05) is 26.2 Å². The van der Waals surface area contributed by atoms with Crippen molar-refractivity contribution in [3.05, 3.63) is 0 Å². The summed E-state index contributed by atoms with van der Waals surface area (Å²) >= 11 is 0. The molecule has 47 heavy (non-hydrogen) atoms. The molecule has 2 saturated heterocycles. The van der Waals surface area contributed by atoms with Gasteiger partial charge in [-0.25, -0.2) is 4.39 Å². The van der Waals surface area contributed by atoms with Crippen LogP contribution in [0.1, 0.15) is 52.4 Å². The number of carbonyl (C=O) groups excluding carboxylic acids is 1. The highest BCUT2D eigenvalue weighted by Gasteiger charge is 2.53. The number of carbonyl (C=O) groups is 1. The normalized spacial score (nSPS) is 42.5. The first-order valence-electron chi connectivity index (χ1n) is 16.5. The summed E-state index contributed by atoms with van der Waals surface area (Å²) in [6.45, 7) is 3.99. The SMILES string of the molecule is CCCCCC(C)NC[C@@H]1O[C@@H](O[C@H]2[C@@H](F)[C@H](O[C@@H]3O[C@H](CN)[C@@H](O)[C@H](O)[C@H]3O)[C@H](N)C[C@H]2NC(=O)[C@@H](O)CCN)[C@@H](O)[C@H](N)[C@H]1O. The number of aliphatic hydroxyl groups is 6. The molecule has 2 heterocycles. The first kappa shape index (κ1) is 40.2. The number of amides is 1. The molecule has 276 valence electrons. The van der Waals surface area contributed by atoms with Crippen LogP contribution in [-0.4, -0.2) is 160 Å². The number of unbranched alkanes of at least 4 members (excludes halogenated alkanes) is 2. The summed E-state index contributed by atoms with van der Waals surface area (Å²) in [4.78, 5) is 12.8. The van der Waals surface area contributed by atoms with Crippen molar-refractivity contribution in [3.8, 4) is 0 Å². The van der Waals surface area contributed by atoms with Crippen LogP contribution >= 0.6 is 0 Å². The predicted molar refractivity (Wildman–Crippen MR) is 165 cm³/mol. The zero-order valence-corrected chi connectivity index (χ0v) is 27.1. The number of halogens is 1. The number of aliphatic hydroxyl groups excluding tert-OH is 6. The molecule has 0 aromatic heterocycles. The fourth-order valence-corrected chi connectivity index (χ4v) is 6.16. The highest BCUT2D eigenvalue weighted by Crippen LogP contribution is 2.33. The Labute approximate surface area is 274 Å². The number of alkyl halides is 1. The summed E-state index contributed by atoms with van der Waals surface area (Å²) in [5, 5.41) is 68.6. The standard InChI is InChI=1S/C29H57FN6O11/c1-3-4-5-6-12(2)35-11-17-20(38)19(34)22(40)28(45-17)47-26-14(36-27(43)15(37)7-8-31)9-13(33)25(18(26)30)46-29-24(42)23(41)21(39)16(10-32)44-29/h12-26,28-29,35,37-42H,3-11,31-34H2,1-2H3,(H,36,43)/t12?,13-,14-,15+,16-,17+,18+,19-,20+,21-,22+,23+,24-,25-,26-,28+,29+/m1/s1. The van der Waals surface area contributed by atoms with E-state index in [0.717, 1.165) is 25.7 Å². The van der Waals surface area contributed by atoms with Crippen molar-refractivity contribution >= 4 is 5.91 Å². The molecule has 1 aliphatic carbocycles. The lowest BCUT2D eigenvalue weighted by Gasteiger charge is -2.48. The van der Waals surface area contributed by atoms with Crippen molar-refractivity contribution in [3.63, 3.8) is 0 Å². The minimum absolute atomic E-state index is 0.00334. The van der Waals surface area contributed by atoms with Crippen molar-refractivity contribution in [2.75, 3.05) is 19.6 Å². The van der Waals surface area contributed by atoms with Crippen LogP contribution in [0.4, 0.5) is 4.39 Å². The topological polar surface area (TPSA) is 304 Å². The van der Waals surface area contributed by atoms with Crippen LogP contribution in [0, 0.1) is 0 Å². The number of hydrogen-bond donors (Lipinski definition) is 12. The third-order valence-electron chi connectivity index (χ3n) is 9.19. The second-order valence-corrected chi connectivity index (χ2v) is 12.9. The summed E-state index contributed by atoms with van der Waals surface area (Å²) in [6.07, 6.45) is -16.4.